The van der Waals surface area contributed by atoms with Crippen molar-refractivity contribution in [3.8, 4) is 6.07 Å². The number of nitrogens with zero attached hydrogens (tertiary/aromatic N) is 3. The number of dihydropyridines is 1. The van der Waals surface area contributed by atoms with E-state index in [2.05, 4.69) is 9.98 Å². The Labute approximate surface area is 94.0 Å². The van der Waals surface area contributed by atoms with Crippen LogP contribution in [0.4, 0.5) is 0 Å². The average Bonchev–Trinajstić information content (AvgIpc) is 2.57. The predicted octanol–water partition coefficient (Wildman–Crippen LogP) is 1.10. The Morgan fingerprint density at radius 1 is 1.67 bits per heavy atom. The largest absolute Gasteiger partial charge is 0.510 e. The zero-order chi connectivity index (χ0) is 10.8. The van der Waals surface area contributed by atoms with E-state index in [0.29, 0.717) is 16.0 Å². The number of rotatable bonds is 1. The molecule has 76 valence electrons. The molecule has 1 unspecified atom stereocenters. The van der Waals surface area contributed by atoms with Crippen molar-refractivity contribution in [3.05, 3.63) is 11.8 Å². The summed E-state index contributed by atoms with van der Waals surface area (Å²) in [5.41, 5.74) is 0. The first-order valence-corrected chi connectivity index (χ1v) is 5.85. The van der Waals surface area contributed by atoms with E-state index in [4.69, 9.17) is 5.26 Å². The van der Waals surface area contributed by atoms with Gasteiger partial charge in [0.05, 0.1) is 11.8 Å². The van der Waals surface area contributed by atoms with Gasteiger partial charge in [-0.3, -0.25) is 4.79 Å². The van der Waals surface area contributed by atoms with Crippen molar-refractivity contribution >= 4 is 39.6 Å². The first-order chi connectivity index (χ1) is 7.20. The number of amidine groups is 1. The first-order valence-electron chi connectivity index (χ1n) is 3.99. The van der Waals surface area contributed by atoms with Gasteiger partial charge < -0.3 is 5.11 Å². The lowest BCUT2D eigenvalue weighted by molar-refractivity contribution is -0.113. The summed E-state index contributed by atoms with van der Waals surface area (Å²) in [4.78, 5) is 18.7. The van der Waals surface area contributed by atoms with Crippen LogP contribution in [0.25, 0.3) is 0 Å². The Kier molecular flexibility index (Phi) is 2.79. The number of carbonyl (C=O) groups excluding carboxylic acids is 1. The summed E-state index contributed by atoms with van der Waals surface area (Å²) >= 11 is 2.58. The van der Waals surface area contributed by atoms with E-state index < -0.39 is 5.91 Å². The van der Waals surface area contributed by atoms with Crippen molar-refractivity contribution < 1.29 is 9.90 Å². The van der Waals surface area contributed by atoms with E-state index >= 15 is 0 Å². The highest BCUT2D eigenvalue weighted by molar-refractivity contribution is 8.39. The number of aliphatic hydroxyl groups excluding tert-OH is 1. The molecule has 5 nitrogen and oxygen atoms in total. The number of hydrogen-bond acceptors (Lipinski definition) is 6. The molecule has 0 saturated carbocycles. The molecule has 0 aromatic rings. The van der Waals surface area contributed by atoms with Crippen molar-refractivity contribution in [1.29, 1.82) is 5.26 Å². The second-order valence-corrected chi connectivity index (χ2v) is 5.02. The van der Waals surface area contributed by atoms with Crippen molar-refractivity contribution in [2.45, 2.75) is 5.25 Å². The van der Waals surface area contributed by atoms with Crippen molar-refractivity contribution in [1.82, 2.24) is 0 Å². The van der Waals surface area contributed by atoms with Crippen LogP contribution >= 0.6 is 23.5 Å². The van der Waals surface area contributed by atoms with E-state index in [1.165, 1.54) is 23.5 Å². The summed E-state index contributed by atoms with van der Waals surface area (Å²) in [5.74, 6) is 0.107. The standard InChI is InChI=1S/C8H5N3O2S2/c9-1-2-14-8-11-7-6(15-8)4(12)3-5(13)10-7/h3,6,12H,2H2. The number of fused-ring (bicyclic) bond motifs is 1. The second-order valence-electron chi connectivity index (χ2n) is 2.70. The van der Waals surface area contributed by atoms with Crippen LogP contribution in [0.3, 0.4) is 0 Å². The quantitative estimate of drug-likeness (QED) is 0.740. The van der Waals surface area contributed by atoms with Gasteiger partial charge in [-0.1, -0.05) is 23.5 Å². The van der Waals surface area contributed by atoms with E-state index in [-0.39, 0.29) is 11.0 Å². The Morgan fingerprint density at radius 2 is 2.47 bits per heavy atom. The lowest BCUT2D eigenvalue weighted by Crippen LogP contribution is -2.20. The molecule has 1 N–H and O–H groups in total. The van der Waals surface area contributed by atoms with Gasteiger partial charge in [0.2, 0.25) is 0 Å². The smallest absolute Gasteiger partial charge is 0.274 e. The van der Waals surface area contributed by atoms with Crippen molar-refractivity contribution in [3.63, 3.8) is 0 Å². The molecule has 7 heteroatoms. The first kappa shape index (κ1) is 10.3. The zero-order valence-corrected chi connectivity index (χ0v) is 9.01. The van der Waals surface area contributed by atoms with Gasteiger partial charge in [-0.2, -0.15) is 10.3 Å². The molecule has 0 spiro atoms. The average molecular weight is 239 g/mol. The van der Waals surface area contributed by atoms with Crippen LogP contribution in [-0.2, 0) is 4.79 Å². The minimum atomic E-state index is -0.491. The van der Waals surface area contributed by atoms with Gasteiger partial charge in [-0.05, 0) is 0 Å². The third-order valence-electron chi connectivity index (χ3n) is 1.68. The molecule has 0 fully saturated rings. The summed E-state index contributed by atoms with van der Waals surface area (Å²) < 4.78 is 0.662. The number of aliphatic imine (C=N–C) groups is 2. The normalized spacial score (nSPS) is 23.8. The summed E-state index contributed by atoms with van der Waals surface area (Å²) in [5, 5.41) is 17.5. The van der Waals surface area contributed by atoms with Crippen LogP contribution in [-0.4, -0.2) is 32.2 Å². The zero-order valence-electron chi connectivity index (χ0n) is 7.38. The summed E-state index contributed by atoms with van der Waals surface area (Å²) in [7, 11) is 0. The molecule has 2 aliphatic heterocycles. The Morgan fingerprint density at radius 3 is 3.20 bits per heavy atom. The molecule has 0 aromatic carbocycles. The van der Waals surface area contributed by atoms with Gasteiger partial charge >= 0.3 is 0 Å². The minimum absolute atomic E-state index is 0.0219. The van der Waals surface area contributed by atoms with Gasteiger partial charge in [-0.15, -0.1) is 0 Å². The molecule has 1 amide bonds. The van der Waals surface area contributed by atoms with E-state index in [0.717, 1.165) is 6.08 Å². The SMILES string of the molecule is N#CCSC1=NC2=NC(=O)C=C(O)C2S1. The predicted molar refractivity (Wildman–Crippen MR) is 60.0 cm³/mol. The topological polar surface area (TPSA) is 85.8 Å². The molecule has 1 atom stereocenters. The molecule has 0 aliphatic carbocycles. The highest BCUT2D eigenvalue weighted by atomic mass is 32.2. The molecule has 0 aromatic heterocycles. The Balaban J connectivity index is 2.16. The fourth-order valence-electron chi connectivity index (χ4n) is 1.12. The maximum Gasteiger partial charge on any atom is 0.274 e. The number of hydrogen-bond donors (Lipinski definition) is 1. The lowest BCUT2D eigenvalue weighted by Gasteiger charge is -2.10. The van der Waals surface area contributed by atoms with Crippen LogP contribution in [0, 0.1) is 11.3 Å². The van der Waals surface area contributed by atoms with Crippen LogP contribution < -0.4 is 0 Å². The maximum absolute atomic E-state index is 11.0. The lowest BCUT2D eigenvalue weighted by atomic mass is 10.2. The highest BCUT2D eigenvalue weighted by Gasteiger charge is 2.33. The van der Waals surface area contributed by atoms with Crippen LogP contribution in [0.5, 0.6) is 0 Å². The molecule has 2 aliphatic rings. The number of nitriles is 1. The summed E-state index contributed by atoms with van der Waals surface area (Å²) in [6, 6.07) is 1.98. The number of thioether (sulfide) groups is 2. The molecule has 0 bridgehead atoms. The Bertz CT molecular complexity index is 447. The molecule has 15 heavy (non-hydrogen) atoms. The number of aliphatic hydroxyl groups is 1. The van der Waals surface area contributed by atoms with Crippen molar-refractivity contribution in [2.75, 3.05) is 5.75 Å². The monoisotopic (exact) mass is 239 g/mol. The molecule has 2 heterocycles. The molecular weight excluding hydrogens is 234 g/mol. The van der Waals surface area contributed by atoms with E-state index in [1.54, 1.807) is 0 Å². The van der Waals surface area contributed by atoms with Crippen LogP contribution in [0.1, 0.15) is 0 Å². The molecule has 0 saturated heterocycles. The molecule has 2 rings (SSSR count). The fourth-order valence-corrected chi connectivity index (χ4v) is 2.95. The van der Waals surface area contributed by atoms with E-state index in [1.807, 2.05) is 6.07 Å². The Hall–Kier alpha value is -1.26. The second kappa shape index (κ2) is 4.08. The number of carbonyl (C=O) groups is 1. The summed E-state index contributed by atoms with van der Waals surface area (Å²) in [6.07, 6.45) is 1.09. The minimum Gasteiger partial charge on any atom is -0.510 e. The van der Waals surface area contributed by atoms with Crippen LogP contribution in [0.15, 0.2) is 21.8 Å². The molecule has 0 radical (unpaired) electrons. The van der Waals surface area contributed by atoms with Crippen molar-refractivity contribution in [2.24, 2.45) is 9.98 Å². The fraction of sp³-hybridized carbons (Fsp3) is 0.250. The van der Waals surface area contributed by atoms with Gasteiger partial charge in [0.25, 0.3) is 5.91 Å². The summed E-state index contributed by atoms with van der Waals surface area (Å²) in [6.45, 7) is 0. The van der Waals surface area contributed by atoms with Gasteiger partial charge in [0.15, 0.2) is 5.84 Å². The van der Waals surface area contributed by atoms with Gasteiger partial charge in [0, 0.05) is 6.08 Å². The van der Waals surface area contributed by atoms with Gasteiger partial charge in [-0.25, -0.2) is 4.99 Å². The van der Waals surface area contributed by atoms with Gasteiger partial charge in [0.1, 0.15) is 15.4 Å². The molecular formula is C8H5N3O2S2. The number of amides is 1. The third-order valence-corrected chi connectivity index (χ3v) is 3.92. The van der Waals surface area contributed by atoms with Crippen LogP contribution in [0.2, 0.25) is 0 Å². The highest BCUT2D eigenvalue weighted by Crippen LogP contribution is 2.34. The maximum atomic E-state index is 11.0. The van der Waals surface area contributed by atoms with E-state index in [9.17, 15) is 9.90 Å². The third kappa shape index (κ3) is 2.06.